The minimum atomic E-state index is -3.55. The number of carbonyl (C=O) groups excluding carboxylic acids is 1. The molecule has 1 aliphatic rings. The minimum absolute atomic E-state index is 0.103. The zero-order chi connectivity index (χ0) is 10.6. The molecule has 0 aromatic heterocycles. The van der Waals surface area contributed by atoms with Crippen molar-refractivity contribution in [2.75, 3.05) is 19.0 Å². The Labute approximate surface area is 84.2 Å². The molecule has 0 aromatic carbocycles. The van der Waals surface area contributed by atoms with Crippen LogP contribution in [0.25, 0.3) is 0 Å². The quantitative estimate of drug-likeness (QED) is 0.627. The summed E-state index contributed by atoms with van der Waals surface area (Å²) in [5, 5.41) is 0. The molecule has 0 atom stereocenters. The second-order valence-corrected chi connectivity index (χ2v) is 4.88. The van der Waals surface area contributed by atoms with Crippen molar-refractivity contribution in [1.29, 1.82) is 0 Å². The second-order valence-electron chi connectivity index (χ2n) is 3.27. The van der Waals surface area contributed by atoms with Gasteiger partial charge in [-0.05, 0) is 12.8 Å². The molecular formula is C8H15NO4S. The Morgan fingerprint density at radius 1 is 1.50 bits per heavy atom. The third-order valence-corrected chi connectivity index (χ3v) is 3.11. The van der Waals surface area contributed by atoms with Crippen LogP contribution in [0.2, 0.25) is 0 Å². The molecule has 14 heavy (non-hydrogen) atoms. The smallest absolute Gasteiger partial charge is 0.285 e. The lowest BCUT2D eigenvalue weighted by atomic mass is 10.4. The van der Waals surface area contributed by atoms with Gasteiger partial charge < -0.3 is 4.90 Å². The van der Waals surface area contributed by atoms with Crippen molar-refractivity contribution in [3.05, 3.63) is 0 Å². The highest BCUT2D eigenvalue weighted by atomic mass is 32.2. The van der Waals surface area contributed by atoms with Crippen LogP contribution < -0.4 is 0 Å². The van der Waals surface area contributed by atoms with E-state index in [2.05, 4.69) is 4.18 Å². The van der Waals surface area contributed by atoms with Crippen LogP contribution in [0.5, 0.6) is 0 Å². The Balaban J connectivity index is 2.46. The fourth-order valence-corrected chi connectivity index (χ4v) is 2.43. The fraction of sp³-hybridized carbons (Fsp3) is 0.875. The van der Waals surface area contributed by atoms with E-state index in [1.54, 1.807) is 0 Å². The van der Waals surface area contributed by atoms with Gasteiger partial charge in [-0.2, -0.15) is 8.42 Å². The van der Waals surface area contributed by atoms with Crippen molar-refractivity contribution in [3.63, 3.8) is 0 Å². The van der Waals surface area contributed by atoms with E-state index in [-0.39, 0.29) is 18.4 Å². The number of hydrogen-bond donors (Lipinski definition) is 0. The first-order valence-electron chi connectivity index (χ1n) is 4.70. The molecular weight excluding hydrogens is 206 g/mol. The maximum Gasteiger partial charge on any atom is 0.285 e. The standard InChI is InChI=1S/C8H15NO4S/c1-2-6-13-14(11,12)7-9-5-3-4-8(9)10/h2-7H2,1H3. The average Bonchev–Trinajstić information content (AvgIpc) is 2.48. The Kier molecular flexibility index (Phi) is 3.88. The van der Waals surface area contributed by atoms with Gasteiger partial charge in [-0.3, -0.25) is 8.98 Å². The minimum Gasteiger partial charge on any atom is -0.326 e. The van der Waals surface area contributed by atoms with E-state index in [9.17, 15) is 13.2 Å². The molecule has 1 rings (SSSR count). The molecule has 82 valence electrons. The summed E-state index contributed by atoms with van der Waals surface area (Å²) in [6.45, 7) is 2.54. The van der Waals surface area contributed by atoms with Crippen molar-refractivity contribution >= 4 is 16.0 Å². The first-order chi connectivity index (χ1) is 6.55. The SMILES string of the molecule is CCCOS(=O)(=O)CN1CCCC1=O. The molecule has 0 bridgehead atoms. The van der Waals surface area contributed by atoms with Gasteiger partial charge in [-0.15, -0.1) is 0 Å². The summed E-state index contributed by atoms with van der Waals surface area (Å²) in [5.74, 6) is -0.403. The highest BCUT2D eigenvalue weighted by Gasteiger charge is 2.25. The molecule has 1 aliphatic heterocycles. The molecule has 0 unspecified atom stereocenters. The van der Waals surface area contributed by atoms with Crippen molar-refractivity contribution < 1.29 is 17.4 Å². The van der Waals surface area contributed by atoms with E-state index in [0.29, 0.717) is 19.4 Å². The summed E-state index contributed by atoms with van der Waals surface area (Å²) >= 11 is 0. The van der Waals surface area contributed by atoms with E-state index < -0.39 is 10.1 Å². The first-order valence-corrected chi connectivity index (χ1v) is 6.28. The van der Waals surface area contributed by atoms with Gasteiger partial charge in [0.15, 0.2) is 0 Å². The Hall–Kier alpha value is -0.620. The topological polar surface area (TPSA) is 63.7 Å². The van der Waals surface area contributed by atoms with Crippen LogP contribution in [0.15, 0.2) is 0 Å². The maximum atomic E-state index is 11.3. The number of hydrogen-bond acceptors (Lipinski definition) is 4. The van der Waals surface area contributed by atoms with Crippen LogP contribution >= 0.6 is 0 Å². The third kappa shape index (κ3) is 3.26. The van der Waals surface area contributed by atoms with Gasteiger partial charge in [-0.1, -0.05) is 6.92 Å². The molecule has 0 saturated carbocycles. The number of rotatable bonds is 5. The Morgan fingerprint density at radius 2 is 2.21 bits per heavy atom. The van der Waals surface area contributed by atoms with E-state index >= 15 is 0 Å². The van der Waals surface area contributed by atoms with Gasteiger partial charge in [0.05, 0.1) is 6.61 Å². The normalized spacial score (nSPS) is 17.8. The maximum absolute atomic E-state index is 11.3. The van der Waals surface area contributed by atoms with Crippen molar-refractivity contribution in [2.24, 2.45) is 0 Å². The molecule has 1 amide bonds. The summed E-state index contributed by atoms with van der Waals surface area (Å²) in [7, 11) is -3.55. The molecule has 6 heteroatoms. The van der Waals surface area contributed by atoms with E-state index in [4.69, 9.17) is 0 Å². The lowest BCUT2D eigenvalue weighted by Crippen LogP contribution is -2.31. The van der Waals surface area contributed by atoms with Crippen LogP contribution in [0.3, 0.4) is 0 Å². The third-order valence-electron chi connectivity index (χ3n) is 1.95. The fourth-order valence-electron chi connectivity index (χ4n) is 1.28. The Morgan fingerprint density at radius 3 is 2.71 bits per heavy atom. The lowest BCUT2D eigenvalue weighted by Gasteiger charge is -2.14. The predicted octanol–water partition coefficient (Wildman–Crippen LogP) is 0.323. The van der Waals surface area contributed by atoms with Crippen LogP contribution in [0.1, 0.15) is 26.2 Å². The van der Waals surface area contributed by atoms with Crippen molar-refractivity contribution in [3.8, 4) is 0 Å². The van der Waals surface area contributed by atoms with Crippen LogP contribution in [0.4, 0.5) is 0 Å². The lowest BCUT2D eigenvalue weighted by molar-refractivity contribution is -0.127. The number of carbonyl (C=O) groups is 1. The summed E-state index contributed by atoms with van der Waals surface area (Å²) < 4.78 is 27.2. The summed E-state index contributed by atoms with van der Waals surface area (Å²) in [5.41, 5.74) is 0. The molecule has 0 aromatic rings. The number of nitrogens with zero attached hydrogens (tertiary/aromatic N) is 1. The summed E-state index contributed by atoms with van der Waals surface area (Å²) in [6, 6.07) is 0. The van der Waals surface area contributed by atoms with Gasteiger partial charge in [-0.25, -0.2) is 0 Å². The predicted molar refractivity (Wildman–Crippen MR) is 51.0 cm³/mol. The van der Waals surface area contributed by atoms with Gasteiger partial charge in [0.2, 0.25) is 5.91 Å². The van der Waals surface area contributed by atoms with E-state index in [1.165, 1.54) is 4.90 Å². The molecule has 1 fully saturated rings. The highest BCUT2D eigenvalue weighted by Crippen LogP contribution is 2.11. The average molecular weight is 221 g/mol. The number of likely N-dealkylation sites (tertiary alicyclic amines) is 1. The summed E-state index contributed by atoms with van der Waals surface area (Å²) in [6.07, 6.45) is 1.83. The molecule has 0 spiro atoms. The summed E-state index contributed by atoms with van der Waals surface area (Å²) in [4.78, 5) is 12.5. The molecule has 0 N–H and O–H groups in total. The van der Waals surface area contributed by atoms with E-state index in [1.807, 2.05) is 6.92 Å². The Bertz CT molecular complexity index is 298. The zero-order valence-electron chi connectivity index (χ0n) is 8.23. The van der Waals surface area contributed by atoms with Crippen LogP contribution in [-0.2, 0) is 19.1 Å². The first kappa shape index (κ1) is 11.5. The largest absolute Gasteiger partial charge is 0.326 e. The highest BCUT2D eigenvalue weighted by molar-refractivity contribution is 7.86. The zero-order valence-corrected chi connectivity index (χ0v) is 9.05. The molecule has 1 saturated heterocycles. The van der Waals surface area contributed by atoms with Gasteiger partial charge in [0, 0.05) is 13.0 Å². The van der Waals surface area contributed by atoms with Crippen LogP contribution in [-0.4, -0.2) is 38.3 Å². The molecule has 1 heterocycles. The van der Waals surface area contributed by atoms with Crippen LogP contribution in [0, 0.1) is 0 Å². The molecule has 0 aliphatic carbocycles. The second kappa shape index (κ2) is 4.75. The molecule has 5 nitrogen and oxygen atoms in total. The van der Waals surface area contributed by atoms with Gasteiger partial charge in [0.1, 0.15) is 5.88 Å². The van der Waals surface area contributed by atoms with Crippen molar-refractivity contribution in [1.82, 2.24) is 4.90 Å². The van der Waals surface area contributed by atoms with Gasteiger partial charge in [0.25, 0.3) is 10.1 Å². The molecule has 0 radical (unpaired) electrons. The van der Waals surface area contributed by atoms with Gasteiger partial charge >= 0.3 is 0 Å². The van der Waals surface area contributed by atoms with E-state index in [0.717, 1.165) is 6.42 Å². The van der Waals surface area contributed by atoms with Crippen molar-refractivity contribution in [2.45, 2.75) is 26.2 Å². The monoisotopic (exact) mass is 221 g/mol. The number of amides is 1.